The smallest absolute Gasteiger partial charge is 0.0453 e. The van der Waals surface area contributed by atoms with Crippen LogP contribution in [0.5, 0.6) is 0 Å². The van der Waals surface area contributed by atoms with Crippen molar-refractivity contribution in [3.63, 3.8) is 0 Å². The first-order chi connectivity index (χ1) is 9.39. The van der Waals surface area contributed by atoms with Gasteiger partial charge in [0.25, 0.3) is 0 Å². The van der Waals surface area contributed by atoms with Gasteiger partial charge in [0.05, 0.1) is 0 Å². The van der Waals surface area contributed by atoms with Gasteiger partial charge >= 0.3 is 0 Å². The lowest BCUT2D eigenvalue weighted by atomic mass is 9.91. The van der Waals surface area contributed by atoms with Gasteiger partial charge in [-0.25, -0.2) is 0 Å². The third-order valence-corrected chi connectivity index (χ3v) is 4.48. The largest absolute Gasteiger partial charge is 0.313 e. The van der Waals surface area contributed by atoms with Crippen molar-refractivity contribution in [2.24, 2.45) is 5.41 Å². The summed E-state index contributed by atoms with van der Waals surface area (Å²) in [6, 6.07) is 9.26. The van der Waals surface area contributed by atoms with Crippen LogP contribution in [0.4, 0.5) is 0 Å². The number of halogens is 1. The Morgan fingerprint density at radius 2 is 2.00 bits per heavy atom. The molecule has 1 fully saturated rings. The third-order valence-electron chi connectivity index (χ3n) is 4.14. The van der Waals surface area contributed by atoms with Crippen molar-refractivity contribution in [1.82, 2.24) is 10.2 Å². The normalized spacial score (nSPS) is 17.5. The highest BCUT2D eigenvalue weighted by molar-refractivity contribution is 6.31. The zero-order valence-electron chi connectivity index (χ0n) is 13.1. The molecule has 2 nitrogen and oxygen atoms in total. The Kier molecular flexibility index (Phi) is 5.11. The van der Waals surface area contributed by atoms with Gasteiger partial charge in [-0.05, 0) is 43.9 Å². The van der Waals surface area contributed by atoms with Crippen molar-refractivity contribution in [2.45, 2.75) is 45.7 Å². The van der Waals surface area contributed by atoms with Gasteiger partial charge in [0, 0.05) is 30.2 Å². The van der Waals surface area contributed by atoms with Crippen LogP contribution in [-0.2, 0) is 0 Å². The van der Waals surface area contributed by atoms with Crippen LogP contribution in [0.1, 0.15) is 45.2 Å². The molecule has 0 spiro atoms. The first-order valence-electron chi connectivity index (χ1n) is 7.57. The van der Waals surface area contributed by atoms with Gasteiger partial charge in [0.2, 0.25) is 0 Å². The Morgan fingerprint density at radius 1 is 1.35 bits per heavy atom. The van der Waals surface area contributed by atoms with Crippen LogP contribution in [0.25, 0.3) is 0 Å². The van der Waals surface area contributed by atoms with Crippen molar-refractivity contribution >= 4 is 11.6 Å². The molecule has 1 unspecified atom stereocenters. The molecular formula is C17H27ClN2. The molecule has 1 aliphatic carbocycles. The molecule has 20 heavy (non-hydrogen) atoms. The molecule has 1 aromatic rings. The molecule has 0 amide bonds. The summed E-state index contributed by atoms with van der Waals surface area (Å²) in [5, 5.41) is 4.50. The first kappa shape index (κ1) is 15.8. The second-order valence-corrected chi connectivity index (χ2v) is 7.34. The van der Waals surface area contributed by atoms with Gasteiger partial charge in [-0.3, -0.25) is 4.90 Å². The molecule has 112 valence electrons. The maximum Gasteiger partial charge on any atom is 0.0453 e. The Bertz CT molecular complexity index is 440. The molecule has 0 aromatic heterocycles. The Morgan fingerprint density at radius 3 is 2.60 bits per heavy atom. The fraction of sp³-hybridized carbons (Fsp3) is 0.647. The predicted octanol–water partition coefficient (Wildman–Crippen LogP) is 4.11. The van der Waals surface area contributed by atoms with Gasteiger partial charge < -0.3 is 5.32 Å². The fourth-order valence-corrected chi connectivity index (χ4v) is 2.92. The molecule has 2 rings (SSSR count). The highest BCUT2D eigenvalue weighted by Gasteiger charge is 2.27. The summed E-state index contributed by atoms with van der Waals surface area (Å²) < 4.78 is 0. The summed E-state index contributed by atoms with van der Waals surface area (Å²) >= 11 is 6.31. The molecule has 0 bridgehead atoms. The SMILES string of the molecule is CC(c1ccccc1Cl)N(C)CC(C)(C)CNC1CC1. The average molecular weight is 295 g/mol. The van der Waals surface area contributed by atoms with Crippen molar-refractivity contribution in [3.05, 3.63) is 34.9 Å². The molecule has 0 aliphatic heterocycles. The van der Waals surface area contributed by atoms with Crippen LogP contribution < -0.4 is 5.32 Å². The summed E-state index contributed by atoms with van der Waals surface area (Å²) in [5.41, 5.74) is 1.48. The molecule has 1 N–H and O–H groups in total. The second-order valence-electron chi connectivity index (χ2n) is 6.93. The Hall–Kier alpha value is -0.570. The van der Waals surface area contributed by atoms with Crippen LogP contribution in [-0.4, -0.2) is 31.1 Å². The number of hydrogen-bond donors (Lipinski definition) is 1. The lowest BCUT2D eigenvalue weighted by molar-refractivity contribution is 0.165. The number of hydrogen-bond acceptors (Lipinski definition) is 2. The highest BCUT2D eigenvalue weighted by atomic mass is 35.5. The molecule has 1 saturated carbocycles. The number of benzene rings is 1. The third kappa shape index (κ3) is 4.47. The molecule has 3 heteroatoms. The minimum atomic E-state index is 0.271. The maximum absolute atomic E-state index is 6.31. The van der Waals surface area contributed by atoms with E-state index < -0.39 is 0 Å². The number of nitrogens with one attached hydrogen (secondary N) is 1. The van der Waals surface area contributed by atoms with Gasteiger partial charge in [-0.1, -0.05) is 43.6 Å². The molecule has 0 radical (unpaired) electrons. The van der Waals surface area contributed by atoms with Crippen LogP contribution in [0.2, 0.25) is 5.02 Å². The van der Waals surface area contributed by atoms with Crippen molar-refractivity contribution < 1.29 is 0 Å². The van der Waals surface area contributed by atoms with Crippen molar-refractivity contribution in [1.29, 1.82) is 0 Å². The summed E-state index contributed by atoms with van der Waals surface area (Å²) in [6.45, 7) is 9.03. The summed E-state index contributed by atoms with van der Waals surface area (Å²) in [6.07, 6.45) is 2.70. The summed E-state index contributed by atoms with van der Waals surface area (Å²) in [7, 11) is 2.19. The first-order valence-corrected chi connectivity index (χ1v) is 7.95. The predicted molar refractivity (Wildman–Crippen MR) is 87.3 cm³/mol. The van der Waals surface area contributed by atoms with Crippen LogP contribution in [0.3, 0.4) is 0 Å². The molecule has 0 heterocycles. The van der Waals surface area contributed by atoms with E-state index in [4.69, 9.17) is 11.6 Å². The van der Waals surface area contributed by atoms with Gasteiger partial charge in [0.15, 0.2) is 0 Å². The van der Waals surface area contributed by atoms with E-state index in [1.54, 1.807) is 0 Å². The van der Waals surface area contributed by atoms with Crippen molar-refractivity contribution in [3.8, 4) is 0 Å². The quantitative estimate of drug-likeness (QED) is 0.814. The molecule has 1 aliphatic rings. The summed E-state index contributed by atoms with van der Waals surface area (Å²) in [5.74, 6) is 0. The van der Waals surface area contributed by atoms with E-state index >= 15 is 0 Å². The van der Waals surface area contributed by atoms with E-state index in [9.17, 15) is 0 Å². The minimum Gasteiger partial charge on any atom is -0.313 e. The van der Waals surface area contributed by atoms with E-state index in [0.717, 1.165) is 24.2 Å². The monoisotopic (exact) mass is 294 g/mol. The topological polar surface area (TPSA) is 15.3 Å². The van der Waals surface area contributed by atoms with E-state index in [1.165, 1.54) is 18.4 Å². The average Bonchev–Trinajstić information content (AvgIpc) is 3.20. The zero-order valence-corrected chi connectivity index (χ0v) is 13.9. The van der Waals surface area contributed by atoms with Gasteiger partial charge in [-0.15, -0.1) is 0 Å². The van der Waals surface area contributed by atoms with E-state index in [1.807, 2.05) is 12.1 Å². The number of rotatable bonds is 7. The van der Waals surface area contributed by atoms with Crippen LogP contribution in [0.15, 0.2) is 24.3 Å². The van der Waals surface area contributed by atoms with Crippen LogP contribution >= 0.6 is 11.6 Å². The fourth-order valence-electron chi connectivity index (χ4n) is 2.63. The van der Waals surface area contributed by atoms with E-state index in [2.05, 4.69) is 50.2 Å². The highest BCUT2D eigenvalue weighted by Crippen LogP contribution is 2.29. The maximum atomic E-state index is 6.31. The summed E-state index contributed by atoms with van der Waals surface area (Å²) in [4.78, 5) is 2.40. The van der Waals surface area contributed by atoms with Crippen LogP contribution in [0, 0.1) is 5.41 Å². The lowest BCUT2D eigenvalue weighted by Gasteiger charge is -2.34. The molecule has 1 atom stereocenters. The van der Waals surface area contributed by atoms with E-state index in [0.29, 0.717) is 6.04 Å². The second kappa shape index (κ2) is 6.46. The molecule has 1 aromatic carbocycles. The number of nitrogens with zero attached hydrogens (tertiary/aromatic N) is 1. The Balaban J connectivity index is 1.92. The van der Waals surface area contributed by atoms with Crippen molar-refractivity contribution in [2.75, 3.05) is 20.1 Å². The standard InChI is InChI=1S/C17H27ClN2/c1-13(15-7-5-6-8-16(15)18)20(4)12-17(2,3)11-19-14-9-10-14/h5-8,13-14,19H,9-12H2,1-4H3. The zero-order chi connectivity index (χ0) is 14.8. The lowest BCUT2D eigenvalue weighted by Crippen LogP contribution is -2.40. The molecular weight excluding hydrogens is 268 g/mol. The van der Waals surface area contributed by atoms with Gasteiger partial charge in [-0.2, -0.15) is 0 Å². The van der Waals surface area contributed by atoms with E-state index in [-0.39, 0.29) is 5.41 Å². The van der Waals surface area contributed by atoms with Gasteiger partial charge in [0.1, 0.15) is 0 Å². The molecule has 0 saturated heterocycles. The minimum absolute atomic E-state index is 0.271. The Labute approximate surface area is 128 Å².